The van der Waals surface area contributed by atoms with E-state index in [1.54, 1.807) is 18.7 Å². The van der Waals surface area contributed by atoms with E-state index in [2.05, 4.69) is 10.3 Å². The molecule has 2 N–H and O–H groups in total. The lowest BCUT2D eigenvalue weighted by atomic mass is 10.1. The number of nitrogens with zero attached hydrogens (tertiary/aromatic N) is 1. The molecule has 0 radical (unpaired) electrons. The number of nitrogens with one attached hydrogen (secondary N) is 1. The zero-order valence-corrected chi connectivity index (χ0v) is 11.4. The Bertz CT molecular complexity index is 550. The number of hydrogen-bond donors (Lipinski definition) is 2. The highest BCUT2D eigenvalue weighted by molar-refractivity contribution is 7.16. The normalized spacial score (nSPS) is 12.5. The van der Waals surface area contributed by atoms with Crippen molar-refractivity contribution in [2.45, 2.75) is 12.5 Å². The van der Waals surface area contributed by atoms with Crippen LogP contribution in [0, 0.1) is 0 Å². The highest BCUT2D eigenvalue weighted by Gasteiger charge is 2.14. The lowest BCUT2D eigenvalue weighted by Gasteiger charge is -2.16. The summed E-state index contributed by atoms with van der Waals surface area (Å²) in [5, 5.41) is 11.8. The van der Waals surface area contributed by atoms with Crippen LogP contribution in [-0.4, -0.2) is 42.4 Å². The van der Waals surface area contributed by atoms with Crippen LogP contribution >= 0.6 is 11.3 Å². The Balaban J connectivity index is 2.09. The van der Waals surface area contributed by atoms with Crippen molar-refractivity contribution in [3.63, 3.8) is 0 Å². The molecule has 102 valence electrons. The number of methoxy groups -OCH3 is 1. The maximum absolute atomic E-state index is 12.1. The fraction of sp³-hybridized carbons (Fsp3) is 0.385. The van der Waals surface area contributed by atoms with Gasteiger partial charge in [0, 0.05) is 19.3 Å². The third-order valence-corrected chi connectivity index (χ3v) is 3.57. The molecular formula is C13H16N2O3S. The van der Waals surface area contributed by atoms with Gasteiger partial charge in [-0.1, -0.05) is 0 Å². The second-order valence-electron chi connectivity index (χ2n) is 4.17. The van der Waals surface area contributed by atoms with Crippen molar-refractivity contribution < 1.29 is 14.6 Å². The van der Waals surface area contributed by atoms with E-state index in [0.29, 0.717) is 18.6 Å². The third-order valence-electron chi connectivity index (χ3n) is 2.77. The van der Waals surface area contributed by atoms with Crippen molar-refractivity contribution in [1.82, 2.24) is 10.3 Å². The van der Waals surface area contributed by atoms with E-state index in [4.69, 9.17) is 9.84 Å². The van der Waals surface area contributed by atoms with Crippen LogP contribution < -0.4 is 5.32 Å². The first-order chi connectivity index (χ1) is 9.24. The molecule has 5 nitrogen and oxygen atoms in total. The first-order valence-electron chi connectivity index (χ1n) is 5.98. The van der Waals surface area contributed by atoms with Gasteiger partial charge in [-0.05, 0) is 24.6 Å². The van der Waals surface area contributed by atoms with Crippen LogP contribution in [0.2, 0.25) is 0 Å². The Kier molecular flexibility index (Phi) is 4.84. The van der Waals surface area contributed by atoms with E-state index in [1.807, 2.05) is 12.1 Å². The van der Waals surface area contributed by atoms with Crippen LogP contribution in [0.15, 0.2) is 23.7 Å². The maximum atomic E-state index is 12.1. The summed E-state index contributed by atoms with van der Waals surface area (Å²) in [5.41, 5.74) is 3.24. The molecule has 0 spiro atoms. The number of thiazole rings is 1. The van der Waals surface area contributed by atoms with Gasteiger partial charge in [-0.3, -0.25) is 4.79 Å². The van der Waals surface area contributed by atoms with Crippen molar-refractivity contribution in [2.75, 3.05) is 20.3 Å². The molecule has 0 aliphatic rings. The number of aliphatic hydroxyl groups excluding tert-OH is 1. The van der Waals surface area contributed by atoms with Gasteiger partial charge in [0.1, 0.15) is 0 Å². The van der Waals surface area contributed by atoms with Gasteiger partial charge in [-0.2, -0.15) is 0 Å². The number of fused-ring (bicyclic) bond motifs is 1. The Morgan fingerprint density at radius 1 is 1.58 bits per heavy atom. The topological polar surface area (TPSA) is 71.5 Å². The minimum atomic E-state index is -0.181. The molecule has 2 rings (SSSR count). The van der Waals surface area contributed by atoms with E-state index < -0.39 is 0 Å². The molecule has 19 heavy (non-hydrogen) atoms. The Labute approximate surface area is 115 Å². The van der Waals surface area contributed by atoms with Crippen molar-refractivity contribution in [3.05, 3.63) is 29.3 Å². The Hall–Kier alpha value is -1.50. The Morgan fingerprint density at radius 3 is 3.16 bits per heavy atom. The second kappa shape index (κ2) is 6.60. The average molecular weight is 280 g/mol. The zero-order valence-electron chi connectivity index (χ0n) is 10.6. The number of benzene rings is 1. The molecule has 1 unspecified atom stereocenters. The number of aliphatic hydroxyl groups is 1. The van der Waals surface area contributed by atoms with E-state index in [0.717, 1.165) is 10.2 Å². The Morgan fingerprint density at radius 2 is 2.42 bits per heavy atom. The van der Waals surface area contributed by atoms with Gasteiger partial charge in [-0.15, -0.1) is 11.3 Å². The van der Waals surface area contributed by atoms with E-state index in [-0.39, 0.29) is 18.6 Å². The number of rotatable bonds is 6. The summed E-state index contributed by atoms with van der Waals surface area (Å²) < 4.78 is 6.00. The highest BCUT2D eigenvalue weighted by atomic mass is 32.1. The summed E-state index contributed by atoms with van der Waals surface area (Å²) in [6, 6.07) is 5.23. The van der Waals surface area contributed by atoms with Crippen LogP contribution in [-0.2, 0) is 4.74 Å². The molecule has 0 saturated carbocycles. The molecule has 0 bridgehead atoms. The van der Waals surface area contributed by atoms with Crippen LogP contribution in [0.5, 0.6) is 0 Å². The molecule has 1 atom stereocenters. The van der Waals surface area contributed by atoms with Gasteiger partial charge in [0.2, 0.25) is 0 Å². The predicted octanol–water partition coefficient (Wildman–Crippen LogP) is 1.42. The fourth-order valence-corrected chi connectivity index (χ4v) is 2.54. The van der Waals surface area contributed by atoms with Gasteiger partial charge in [0.15, 0.2) is 0 Å². The van der Waals surface area contributed by atoms with Crippen LogP contribution in [0.1, 0.15) is 16.8 Å². The number of carbonyl (C=O) groups is 1. The summed E-state index contributed by atoms with van der Waals surface area (Å²) in [6.45, 7) is 0.400. The molecular weight excluding hydrogens is 264 g/mol. The molecule has 1 aromatic heterocycles. The van der Waals surface area contributed by atoms with Crippen molar-refractivity contribution in [2.24, 2.45) is 0 Å². The summed E-state index contributed by atoms with van der Waals surface area (Å²) in [6.07, 6.45) is 0.475. The third kappa shape index (κ3) is 3.50. The lowest BCUT2D eigenvalue weighted by molar-refractivity contribution is 0.0879. The van der Waals surface area contributed by atoms with Crippen molar-refractivity contribution >= 4 is 27.5 Å². The smallest absolute Gasteiger partial charge is 0.251 e. The molecule has 1 aromatic carbocycles. The minimum Gasteiger partial charge on any atom is -0.396 e. The standard InChI is InChI=1S/C13H16N2O3S/c1-18-7-10(4-5-16)15-13(17)9-2-3-11-12(6-9)19-8-14-11/h2-3,6,8,10,16H,4-5,7H2,1H3,(H,15,17). The number of ether oxygens (including phenoxy) is 1. The van der Waals surface area contributed by atoms with Crippen LogP contribution in [0.25, 0.3) is 10.2 Å². The number of carbonyl (C=O) groups excluding carboxylic acids is 1. The minimum absolute atomic E-state index is 0.0161. The predicted molar refractivity (Wildman–Crippen MR) is 74.5 cm³/mol. The first-order valence-corrected chi connectivity index (χ1v) is 6.86. The summed E-state index contributed by atoms with van der Waals surface area (Å²) in [4.78, 5) is 16.3. The zero-order chi connectivity index (χ0) is 13.7. The summed E-state index contributed by atoms with van der Waals surface area (Å²) >= 11 is 1.50. The SMILES string of the molecule is COCC(CCO)NC(=O)c1ccc2ncsc2c1. The van der Waals surface area contributed by atoms with E-state index >= 15 is 0 Å². The first kappa shape index (κ1) is 13.9. The number of amides is 1. The molecule has 1 heterocycles. The number of aromatic nitrogens is 1. The molecule has 0 aliphatic carbocycles. The van der Waals surface area contributed by atoms with Crippen molar-refractivity contribution in [3.8, 4) is 0 Å². The molecule has 6 heteroatoms. The van der Waals surface area contributed by atoms with Crippen LogP contribution in [0.3, 0.4) is 0 Å². The summed E-state index contributed by atoms with van der Waals surface area (Å²) in [7, 11) is 1.57. The second-order valence-corrected chi connectivity index (χ2v) is 5.06. The van der Waals surface area contributed by atoms with Gasteiger partial charge in [-0.25, -0.2) is 4.98 Å². The van der Waals surface area contributed by atoms with Crippen LogP contribution in [0.4, 0.5) is 0 Å². The van der Waals surface area contributed by atoms with Gasteiger partial charge >= 0.3 is 0 Å². The average Bonchev–Trinajstić information content (AvgIpc) is 2.86. The lowest BCUT2D eigenvalue weighted by Crippen LogP contribution is -2.38. The van der Waals surface area contributed by atoms with Gasteiger partial charge in [0.25, 0.3) is 5.91 Å². The molecule has 0 aliphatic heterocycles. The molecule has 0 fully saturated rings. The van der Waals surface area contributed by atoms with E-state index in [9.17, 15) is 4.79 Å². The summed E-state index contributed by atoms with van der Waals surface area (Å²) in [5.74, 6) is -0.161. The highest BCUT2D eigenvalue weighted by Crippen LogP contribution is 2.19. The molecule has 0 saturated heterocycles. The molecule has 1 amide bonds. The van der Waals surface area contributed by atoms with E-state index in [1.165, 1.54) is 11.3 Å². The van der Waals surface area contributed by atoms with Gasteiger partial charge in [0.05, 0.1) is 28.4 Å². The van der Waals surface area contributed by atoms with Crippen molar-refractivity contribution in [1.29, 1.82) is 0 Å². The largest absolute Gasteiger partial charge is 0.396 e. The quantitative estimate of drug-likeness (QED) is 0.839. The maximum Gasteiger partial charge on any atom is 0.251 e. The fourth-order valence-electron chi connectivity index (χ4n) is 1.82. The molecule has 2 aromatic rings. The monoisotopic (exact) mass is 280 g/mol. The number of hydrogen-bond acceptors (Lipinski definition) is 5. The van der Waals surface area contributed by atoms with Gasteiger partial charge < -0.3 is 15.2 Å².